The van der Waals surface area contributed by atoms with Gasteiger partial charge in [0.2, 0.25) is 0 Å². The van der Waals surface area contributed by atoms with Gasteiger partial charge in [-0.3, -0.25) is 9.89 Å². The summed E-state index contributed by atoms with van der Waals surface area (Å²) in [6.07, 6.45) is 0.220. The van der Waals surface area contributed by atoms with Gasteiger partial charge >= 0.3 is 0 Å². The smallest absolute Gasteiger partial charge is 0.191 e. The second-order valence-electron chi connectivity index (χ2n) is 6.44. The molecular weight excluding hydrogens is 288 g/mol. The Balaban J connectivity index is 1.72. The number of nitrogens with zero attached hydrogens (tertiary/aromatic N) is 2. The standard InChI is InChI=1S/C18H30N4O/c1-15(2)13-22-9-10-23-17(14-22)12-21-18(19-3)20-11-16-7-5-4-6-8-16/h4-8,15,17H,9-14H2,1-3H3,(H2,19,20,21). The molecule has 1 heterocycles. The van der Waals surface area contributed by atoms with E-state index in [1.54, 1.807) is 7.05 Å². The number of guanidine groups is 1. The van der Waals surface area contributed by atoms with Crippen LogP contribution in [0.2, 0.25) is 0 Å². The maximum atomic E-state index is 5.86. The topological polar surface area (TPSA) is 48.9 Å². The molecule has 0 aromatic heterocycles. The highest BCUT2D eigenvalue weighted by atomic mass is 16.5. The summed E-state index contributed by atoms with van der Waals surface area (Å²) in [5, 5.41) is 6.71. The molecule has 23 heavy (non-hydrogen) atoms. The van der Waals surface area contributed by atoms with Crippen LogP contribution in [0.4, 0.5) is 0 Å². The van der Waals surface area contributed by atoms with E-state index in [9.17, 15) is 0 Å². The second kappa shape index (κ2) is 9.53. The Hall–Kier alpha value is -1.59. The number of rotatable bonds is 6. The minimum Gasteiger partial charge on any atom is -0.374 e. The summed E-state index contributed by atoms with van der Waals surface area (Å²) in [6, 6.07) is 10.3. The van der Waals surface area contributed by atoms with Crippen molar-refractivity contribution in [2.75, 3.05) is 39.8 Å². The van der Waals surface area contributed by atoms with Gasteiger partial charge in [0.15, 0.2) is 5.96 Å². The van der Waals surface area contributed by atoms with E-state index in [1.165, 1.54) is 5.56 Å². The molecule has 1 unspecified atom stereocenters. The summed E-state index contributed by atoms with van der Waals surface area (Å²) in [4.78, 5) is 6.77. The highest BCUT2D eigenvalue weighted by molar-refractivity contribution is 5.79. The van der Waals surface area contributed by atoms with Crippen LogP contribution in [0.1, 0.15) is 19.4 Å². The summed E-state index contributed by atoms with van der Waals surface area (Å²) in [6.45, 7) is 10.1. The number of aliphatic imine (C=N–C) groups is 1. The normalized spacial score (nSPS) is 19.8. The Kier molecular flexibility index (Phi) is 7.36. The lowest BCUT2D eigenvalue weighted by molar-refractivity contribution is -0.0284. The summed E-state index contributed by atoms with van der Waals surface area (Å²) in [5.41, 5.74) is 1.24. The third kappa shape index (κ3) is 6.59. The first-order valence-electron chi connectivity index (χ1n) is 8.49. The molecule has 0 bridgehead atoms. The van der Waals surface area contributed by atoms with Crippen molar-refractivity contribution in [1.29, 1.82) is 0 Å². The lowest BCUT2D eigenvalue weighted by atomic mass is 10.2. The molecule has 1 aromatic carbocycles. The van der Waals surface area contributed by atoms with Crippen molar-refractivity contribution in [1.82, 2.24) is 15.5 Å². The first-order chi connectivity index (χ1) is 11.2. The average Bonchev–Trinajstić information content (AvgIpc) is 2.56. The molecule has 5 heteroatoms. The molecule has 0 radical (unpaired) electrons. The van der Waals surface area contributed by atoms with Crippen molar-refractivity contribution in [2.24, 2.45) is 10.9 Å². The Morgan fingerprint density at radius 2 is 2.09 bits per heavy atom. The first-order valence-corrected chi connectivity index (χ1v) is 8.49. The molecular formula is C18H30N4O. The fourth-order valence-corrected chi connectivity index (χ4v) is 2.80. The van der Waals surface area contributed by atoms with Gasteiger partial charge in [0, 0.05) is 39.8 Å². The average molecular weight is 318 g/mol. The van der Waals surface area contributed by atoms with Gasteiger partial charge in [-0.05, 0) is 11.5 Å². The lowest BCUT2D eigenvalue weighted by Gasteiger charge is -2.34. The van der Waals surface area contributed by atoms with Gasteiger partial charge in [0.05, 0.1) is 12.7 Å². The molecule has 0 spiro atoms. The van der Waals surface area contributed by atoms with Crippen LogP contribution in [0.5, 0.6) is 0 Å². The monoisotopic (exact) mass is 318 g/mol. The third-order valence-electron chi connectivity index (χ3n) is 3.87. The third-order valence-corrected chi connectivity index (χ3v) is 3.87. The van der Waals surface area contributed by atoms with Crippen molar-refractivity contribution >= 4 is 5.96 Å². The van der Waals surface area contributed by atoms with Gasteiger partial charge in [-0.25, -0.2) is 0 Å². The molecule has 1 aliphatic rings. The van der Waals surface area contributed by atoms with Crippen LogP contribution in [0.25, 0.3) is 0 Å². The van der Waals surface area contributed by atoms with E-state index in [1.807, 2.05) is 18.2 Å². The van der Waals surface area contributed by atoms with E-state index >= 15 is 0 Å². The molecule has 1 saturated heterocycles. The molecule has 0 saturated carbocycles. The predicted molar refractivity (Wildman–Crippen MR) is 95.7 cm³/mol. The van der Waals surface area contributed by atoms with Crippen molar-refractivity contribution < 1.29 is 4.74 Å². The Labute approximate surface area is 140 Å². The summed E-state index contributed by atoms with van der Waals surface area (Å²) in [7, 11) is 1.80. The zero-order valence-electron chi connectivity index (χ0n) is 14.6. The Bertz CT molecular complexity index is 475. The Morgan fingerprint density at radius 3 is 2.78 bits per heavy atom. The molecule has 1 fully saturated rings. The van der Waals surface area contributed by atoms with Gasteiger partial charge in [0.1, 0.15) is 0 Å². The van der Waals surface area contributed by atoms with Crippen LogP contribution in [0.15, 0.2) is 35.3 Å². The van der Waals surface area contributed by atoms with Gasteiger partial charge < -0.3 is 15.4 Å². The summed E-state index contributed by atoms with van der Waals surface area (Å²) < 4.78 is 5.86. The summed E-state index contributed by atoms with van der Waals surface area (Å²) >= 11 is 0. The van der Waals surface area contributed by atoms with E-state index < -0.39 is 0 Å². The predicted octanol–water partition coefficient (Wildman–Crippen LogP) is 1.71. The van der Waals surface area contributed by atoms with Crippen LogP contribution < -0.4 is 10.6 Å². The highest BCUT2D eigenvalue weighted by Gasteiger charge is 2.20. The van der Waals surface area contributed by atoms with Gasteiger partial charge in [0.25, 0.3) is 0 Å². The molecule has 0 aliphatic carbocycles. The number of hydrogen-bond donors (Lipinski definition) is 2. The molecule has 1 atom stereocenters. The molecule has 0 amide bonds. The van der Waals surface area contributed by atoms with Crippen LogP contribution in [-0.4, -0.2) is 56.8 Å². The van der Waals surface area contributed by atoms with Gasteiger partial charge in [-0.2, -0.15) is 0 Å². The molecule has 1 aromatic rings. The second-order valence-corrected chi connectivity index (χ2v) is 6.44. The minimum absolute atomic E-state index is 0.220. The number of nitrogens with one attached hydrogen (secondary N) is 2. The fourth-order valence-electron chi connectivity index (χ4n) is 2.80. The highest BCUT2D eigenvalue weighted by Crippen LogP contribution is 2.07. The van der Waals surface area contributed by atoms with Crippen molar-refractivity contribution in [3.63, 3.8) is 0 Å². The van der Waals surface area contributed by atoms with Crippen LogP contribution in [0.3, 0.4) is 0 Å². The molecule has 1 aliphatic heterocycles. The summed E-state index contributed by atoms with van der Waals surface area (Å²) in [5.74, 6) is 1.51. The van der Waals surface area contributed by atoms with E-state index in [2.05, 4.69) is 46.5 Å². The van der Waals surface area contributed by atoms with Crippen LogP contribution >= 0.6 is 0 Å². The van der Waals surface area contributed by atoms with Crippen LogP contribution in [0, 0.1) is 5.92 Å². The maximum absolute atomic E-state index is 5.86. The number of morpholine rings is 1. The number of hydrogen-bond acceptors (Lipinski definition) is 3. The molecule has 2 N–H and O–H groups in total. The van der Waals surface area contributed by atoms with E-state index in [-0.39, 0.29) is 6.10 Å². The lowest BCUT2D eigenvalue weighted by Crippen LogP contribution is -2.50. The zero-order chi connectivity index (χ0) is 16.5. The first kappa shape index (κ1) is 17.8. The zero-order valence-corrected chi connectivity index (χ0v) is 14.6. The van der Waals surface area contributed by atoms with Gasteiger partial charge in [-0.15, -0.1) is 0 Å². The fraction of sp³-hybridized carbons (Fsp3) is 0.611. The Morgan fingerprint density at radius 1 is 1.30 bits per heavy atom. The molecule has 5 nitrogen and oxygen atoms in total. The van der Waals surface area contributed by atoms with E-state index in [4.69, 9.17) is 4.74 Å². The molecule has 128 valence electrons. The van der Waals surface area contributed by atoms with Crippen molar-refractivity contribution in [3.8, 4) is 0 Å². The number of benzene rings is 1. The number of ether oxygens (including phenoxy) is 1. The maximum Gasteiger partial charge on any atom is 0.191 e. The van der Waals surface area contributed by atoms with E-state index in [0.29, 0.717) is 5.92 Å². The van der Waals surface area contributed by atoms with Crippen molar-refractivity contribution in [3.05, 3.63) is 35.9 Å². The SMILES string of the molecule is CN=C(NCc1ccccc1)NCC1CN(CC(C)C)CCO1. The van der Waals surface area contributed by atoms with Crippen molar-refractivity contribution in [2.45, 2.75) is 26.5 Å². The van der Waals surface area contributed by atoms with E-state index in [0.717, 1.165) is 45.3 Å². The quantitative estimate of drug-likeness (QED) is 0.619. The van der Waals surface area contributed by atoms with Gasteiger partial charge in [-0.1, -0.05) is 44.2 Å². The largest absolute Gasteiger partial charge is 0.374 e. The van der Waals surface area contributed by atoms with Crippen LogP contribution in [-0.2, 0) is 11.3 Å². The molecule has 2 rings (SSSR count). The minimum atomic E-state index is 0.220.